The van der Waals surface area contributed by atoms with Crippen LogP contribution in [0.2, 0.25) is 0 Å². The maximum atomic E-state index is 5.46. The third kappa shape index (κ3) is 2.26. The lowest BCUT2D eigenvalue weighted by Gasteiger charge is -2.09. The van der Waals surface area contributed by atoms with Gasteiger partial charge in [0.15, 0.2) is 0 Å². The van der Waals surface area contributed by atoms with Crippen LogP contribution in [-0.4, -0.2) is 0 Å². The van der Waals surface area contributed by atoms with Crippen molar-refractivity contribution < 1.29 is 4.74 Å². The summed E-state index contributed by atoms with van der Waals surface area (Å²) in [4.78, 5) is 0. The van der Waals surface area contributed by atoms with Crippen molar-refractivity contribution in [1.29, 1.82) is 0 Å². The van der Waals surface area contributed by atoms with Crippen molar-refractivity contribution in [2.24, 2.45) is 0 Å². The third-order valence-corrected chi connectivity index (χ3v) is 1.41. The molecule has 0 amide bonds. The van der Waals surface area contributed by atoms with Gasteiger partial charge in [-0.1, -0.05) is 18.2 Å². The van der Waals surface area contributed by atoms with Crippen LogP contribution in [0.25, 0.3) is 0 Å². The predicted molar refractivity (Wildman–Crippen MR) is 46.4 cm³/mol. The minimum absolute atomic E-state index is 0.951. The molecule has 1 radical (unpaired) electrons. The number of hydrogen-bond donors (Lipinski definition) is 0. The predicted octanol–water partition coefficient (Wildman–Crippen LogP) is 2.95. The zero-order chi connectivity index (χ0) is 8.27. The van der Waals surface area contributed by atoms with Gasteiger partial charge < -0.3 is 4.74 Å². The quantitative estimate of drug-likeness (QED) is 0.628. The number of rotatable bonds is 2. The van der Waals surface area contributed by atoms with Crippen molar-refractivity contribution in [3.05, 3.63) is 35.9 Å². The molecule has 0 aliphatic rings. The van der Waals surface area contributed by atoms with Gasteiger partial charge in [-0.3, -0.25) is 0 Å². The van der Waals surface area contributed by atoms with E-state index >= 15 is 0 Å². The summed E-state index contributed by atoms with van der Waals surface area (Å²) in [5, 5.41) is 0. The summed E-state index contributed by atoms with van der Waals surface area (Å²) in [5.74, 6) is 0.951. The van der Waals surface area contributed by atoms with Crippen LogP contribution in [0.4, 0.5) is 0 Å². The molecule has 0 aliphatic carbocycles. The zero-order valence-electron chi connectivity index (χ0n) is 7.22. The van der Waals surface area contributed by atoms with Gasteiger partial charge >= 0.3 is 0 Å². The number of ether oxygens (including phenoxy) is 1. The van der Waals surface area contributed by atoms with Crippen molar-refractivity contribution in [3.8, 4) is 5.75 Å². The molecule has 59 valence electrons. The summed E-state index contributed by atoms with van der Waals surface area (Å²) in [5.41, 5.74) is 1.17. The van der Waals surface area contributed by atoms with Gasteiger partial charge in [0.25, 0.3) is 0 Å². The summed E-state index contributed by atoms with van der Waals surface area (Å²) < 4.78 is 5.46. The lowest BCUT2D eigenvalue weighted by Crippen LogP contribution is -1.97. The number of benzene rings is 1. The molecule has 0 bridgehead atoms. The van der Waals surface area contributed by atoms with Crippen LogP contribution in [0.3, 0.4) is 0 Å². The van der Waals surface area contributed by atoms with Gasteiger partial charge in [0, 0.05) is 0 Å². The monoisotopic (exact) mass is 149 g/mol. The fourth-order valence-electron chi connectivity index (χ4n) is 0.891. The zero-order valence-corrected chi connectivity index (χ0v) is 7.22. The summed E-state index contributed by atoms with van der Waals surface area (Å²) in [6, 6.07) is 8.00. The van der Waals surface area contributed by atoms with E-state index in [0.29, 0.717) is 0 Å². The Hall–Kier alpha value is -0.980. The van der Waals surface area contributed by atoms with E-state index in [2.05, 4.69) is 0 Å². The Morgan fingerprint density at radius 2 is 1.82 bits per heavy atom. The van der Waals surface area contributed by atoms with E-state index in [-0.39, 0.29) is 0 Å². The first-order chi connectivity index (χ1) is 5.20. The van der Waals surface area contributed by atoms with Crippen LogP contribution in [0, 0.1) is 13.0 Å². The van der Waals surface area contributed by atoms with Crippen LogP contribution in [0.15, 0.2) is 24.3 Å². The average Bonchev–Trinajstić information content (AvgIpc) is 1.93. The van der Waals surface area contributed by atoms with E-state index in [1.54, 1.807) is 0 Å². The first-order valence-electron chi connectivity index (χ1n) is 3.74. The molecule has 0 heterocycles. The van der Waals surface area contributed by atoms with E-state index in [0.717, 1.165) is 11.9 Å². The summed E-state index contributed by atoms with van der Waals surface area (Å²) in [7, 11) is 0. The summed E-state index contributed by atoms with van der Waals surface area (Å²) in [6.07, 6.45) is 0.972. The maximum absolute atomic E-state index is 5.46. The van der Waals surface area contributed by atoms with Gasteiger partial charge in [-0.2, -0.15) is 0 Å². The standard InChI is InChI=1S/C10H13O/c1-8(2)11-10-7-5-4-6-9(10)3/h4-7H,1-3H3. The second kappa shape index (κ2) is 3.42. The van der Waals surface area contributed by atoms with Crippen molar-refractivity contribution in [2.45, 2.75) is 20.8 Å². The fourth-order valence-corrected chi connectivity index (χ4v) is 0.891. The number of para-hydroxylation sites is 1. The highest BCUT2D eigenvalue weighted by atomic mass is 16.5. The molecule has 0 aliphatic heterocycles. The van der Waals surface area contributed by atoms with E-state index in [9.17, 15) is 0 Å². The lowest BCUT2D eigenvalue weighted by molar-refractivity contribution is 0.343. The smallest absolute Gasteiger partial charge is 0.142 e. The van der Waals surface area contributed by atoms with Crippen molar-refractivity contribution in [1.82, 2.24) is 0 Å². The Balaban J connectivity index is 2.78. The van der Waals surface area contributed by atoms with Crippen LogP contribution >= 0.6 is 0 Å². The first kappa shape index (κ1) is 8.12. The molecule has 1 aromatic rings. The highest BCUT2D eigenvalue weighted by Crippen LogP contribution is 2.19. The first-order valence-corrected chi connectivity index (χ1v) is 3.74. The van der Waals surface area contributed by atoms with Crippen molar-refractivity contribution >= 4 is 0 Å². The molecule has 1 nitrogen and oxygen atoms in total. The van der Waals surface area contributed by atoms with E-state index in [4.69, 9.17) is 4.74 Å². The van der Waals surface area contributed by atoms with Gasteiger partial charge in [-0.25, -0.2) is 0 Å². The average molecular weight is 149 g/mol. The molecule has 1 aromatic carbocycles. The summed E-state index contributed by atoms with van der Waals surface area (Å²) in [6.45, 7) is 5.94. The van der Waals surface area contributed by atoms with Crippen LogP contribution < -0.4 is 4.74 Å². The van der Waals surface area contributed by atoms with E-state index in [1.165, 1.54) is 5.56 Å². The highest BCUT2D eigenvalue weighted by Gasteiger charge is 1.99. The second-order valence-electron chi connectivity index (χ2n) is 2.78. The minimum Gasteiger partial charge on any atom is -0.483 e. The normalized spacial score (nSPS) is 10.2. The number of aryl methyl sites for hydroxylation is 1. The highest BCUT2D eigenvalue weighted by molar-refractivity contribution is 5.32. The fraction of sp³-hybridized carbons (Fsp3) is 0.300. The Kier molecular flexibility index (Phi) is 2.53. The molecule has 0 atom stereocenters. The Labute approximate surface area is 68.0 Å². The minimum atomic E-state index is 0.951. The van der Waals surface area contributed by atoms with E-state index in [1.807, 2.05) is 45.0 Å². The molecule has 0 unspecified atom stereocenters. The van der Waals surface area contributed by atoms with Gasteiger partial charge in [-0.05, 0) is 32.4 Å². The molecule has 0 N–H and O–H groups in total. The Bertz CT molecular complexity index is 228. The van der Waals surface area contributed by atoms with Crippen LogP contribution in [0.1, 0.15) is 19.4 Å². The molecule has 1 heteroatoms. The van der Waals surface area contributed by atoms with Crippen molar-refractivity contribution in [2.75, 3.05) is 0 Å². The molecule has 0 saturated heterocycles. The van der Waals surface area contributed by atoms with Gasteiger partial charge in [0.2, 0.25) is 0 Å². The third-order valence-electron chi connectivity index (χ3n) is 1.41. The van der Waals surface area contributed by atoms with Crippen LogP contribution in [0.5, 0.6) is 5.75 Å². The molecule has 0 saturated carbocycles. The Morgan fingerprint density at radius 3 is 2.36 bits per heavy atom. The molecule has 11 heavy (non-hydrogen) atoms. The Morgan fingerprint density at radius 1 is 1.18 bits per heavy atom. The topological polar surface area (TPSA) is 9.23 Å². The largest absolute Gasteiger partial charge is 0.483 e. The lowest BCUT2D eigenvalue weighted by atomic mass is 10.2. The molecular weight excluding hydrogens is 136 g/mol. The van der Waals surface area contributed by atoms with Gasteiger partial charge in [0.05, 0.1) is 0 Å². The molecular formula is C10H13O. The second-order valence-corrected chi connectivity index (χ2v) is 2.78. The molecule has 1 rings (SSSR count). The molecule has 0 aromatic heterocycles. The van der Waals surface area contributed by atoms with Crippen molar-refractivity contribution in [3.63, 3.8) is 0 Å². The van der Waals surface area contributed by atoms with Gasteiger partial charge in [-0.15, -0.1) is 0 Å². The van der Waals surface area contributed by atoms with Gasteiger partial charge in [0.1, 0.15) is 11.9 Å². The maximum Gasteiger partial charge on any atom is 0.142 e. The van der Waals surface area contributed by atoms with Crippen LogP contribution in [-0.2, 0) is 0 Å². The SMILES string of the molecule is C[C](C)Oc1ccccc1C. The number of hydrogen-bond acceptors (Lipinski definition) is 1. The summed E-state index contributed by atoms with van der Waals surface area (Å²) >= 11 is 0. The molecule has 0 spiro atoms. The van der Waals surface area contributed by atoms with E-state index < -0.39 is 0 Å². The molecule has 0 fully saturated rings.